The molecule has 114 valence electrons. The van der Waals surface area contributed by atoms with Crippen molar-refractivity contribution >= 4 is 23.7 Å². The fourth-order valence-electron chi connectivity index (χ4n) is 2.09. The van der Waals surface area contributed by atoms with Gasteiger partial charge >= 0.3 is 22.9 Å². The van der Waals surface area contributed by atoms with Crippen LogP contribution < -0.4 is 5.11 Å². The molecular weight excluding hydrogens is 340 g/mol. The Hall–Kier alpha value is -2.77. The van der Waals surface area contributed by atoms with Crippen molar-refractivity contribution in [1.29, 1.82) is 0 Å². The molecule has 0 spiro atoms. The number of hydrogen-bond acceptors (Lipinski definition) is 6. The summed E-state index contributed by atoms with van der Waals surface area (Å²) in [6.07, 6.45) is 8.18. The number of nitrogens with zero attached hydrogens (tertiary/aromatic N) is 3. The van der Waals surface area contributed by atoms with Crippen molar-refractivity contribution in [2.75, 3.05) is 0 Å². The summed E-state index contributed by atoms with van der Waals surface area (Å²) in [5, 5.41) is 22.0. The Morgan fingerprint density at radius 1 is 1.32 bits per heavy atom. The standard InChI is InChI=1S/C13H8N4O4.Cu/c18-13(19)8-6-10(17(20)21)16-12(8)11-7(3-5-15-11)9-2-1-4-14-9;/h1-6,16H,(H,18,19);/q;+1/p-1. The molecule has 2 aliphatic rings. The second-order valence-electron chi connectivity index (χ2n) is 4.22. The Labute approximate surface area is 134 Å². The zero-order chi connectivity index (χ0) is 15.0. The van der Waals surface area contributed by atoms with Gasteiger partial charge in [-0.15, -0.1) is 0 Å². The van der Waals surface area contributed by atoms with Crippen molar-refractivity contribution in [1.82, 2.24) is 4.98 Å². The first-order chi connectivity index (χ1) is 10.1. The molecule has 1 aromatic rings. The van der Waals surface area contributed by atoms with Gasteiger partial charge in [-0.2, -0.15) is 0 Å². The minimum Gasteiger partial charge on any atom is -0.545 e. The van der Waals surface area contributed by atoms with Gasteiger partial charge in [0.05, 0.1) is 17.2 Å². The molecule has 0 atom stereocenters. The maximum Gasteiger partial charge on any atom is 1.00 e. The summed E-state index contributed by atoms with van der Waals surface area (Å²) in [5.74, 6) is -1.95. The van der Waals surface area contributed by atoms with Crippen LogP contribution in [0.15, 0.2) is 51.7 Å². The van der Waals surface area contributed by atoms with Gasteiger partial charge in [-0.25, -0.2) is 4.98 Å². The van der Waals surface area contributed by atoms with Crippen molar-refractivity contribution in [2.24, 2.45) is 9.98 Å². The number of H-pyrrole nitrogens is 1. The van der Waals surface area contributed by atoms with Crippen LogP contribution in [0.3, 0.4) is 0 Å². The molecule has 22 heavy (non-hydrogen) atoms. The molecule has 0 aliphatic carbocycles. The minimum absolute atomic E-state index is 0. The van der Waals surface area contributed by atoms with Gasteiger partial charge in [0.2, 0.25) is 0 Å². The molecule has 8 nitrogen and oxygen atoms in total. The van der Waals surface area contributed by atoms with Crippen molar-refractivity contribution < 1.29 is 31.9 Å². The summed E-state index contributed by atoms with van der Waals surface area (Å²) in [6.45, 7) is 0. The van der Waals surface area contributed by atoms with Crippen LogP contribution in [0.4, 0.5) is 5.82 Å². The number of hydrogen-bond donors (Lipinski definition) is 1. The fourth-order valence-corrected chi connectivity index (χ4v) is 2.09. The SMILES string of the molecule is O=C([O-])c1cc([N+](=O)[O-])[nH]c1C1=NC=CC1=C1C=CC=N1.[Cu+]. The van der Waals surface area contributed by atoms with Gasteiger partial charge in [-0.05, 0) is 23.2 Å². The number of carboxylic acid groups (broad SMARTS) is 1. The first kappa shape index (κ1) is 15.6. The van der Waals surface area contributed by atoms with Gasteiger partial charge in [-0.1, -0.05) is 0 Å². The quantitative estimate of drug-likeness (QED) is 0.486. The molecule has 0 radical (unpaired) electrons. The molecule has 3 rings (SSSR count). The zero-order valence-electron chi connectivity index (χ0n) is 10.7. The largest absolute Gasteiger partial charge is 1.00 e. The third-order valence-electron chi connectivity index (χ3n) is 2.99. The molecule has 0 aromatic carbocycles. The number of aliphatic imine (C=N–C) groups is 2. The predicted octanol–water partition coefficient (Wildman–Crippen LogP) is 0.495. The van der Waals surface area contributed by atoms with Gasteiger partial charge in [0, 0.05) is 24.1 Å². The number of aromatic carboxylic acids is 1. The summed E-state index contributed by atoms with van der Waals surface area (Å²) >= 11 is 0. The predicted molar refractivity (Wildman–Crippen MR) is 72.1 cm³/mol. The Balaban J connectivity index is 0.00000176. The smallest absolute Gasteiger partial charge is 0.545 e. The number of aromatic amines is 1. The van der Waals surface area contributed by atoms with Gasteiger partial charge in [0.1, 0.15) is 5.71 Å². The van der Waals surface area contributed by atoms with Gasteiger partial charge in [-0.3, -0.25) is 9.98 Å². The molecule has 0 unspecified atom stereocenters. The molecule has 0 saturated carbocycles. The first-order valence-corrected chi connectivity index (χ1v) is 5.87. The third kappa shape index (κ3) is 2.54. The van der Waals surface area contributed by atoms with E-state index in [1.165, 1.54) is 6.20 Å². The molecule has 2 aliphatic heterocycles. The van der Waals surface area contributed by atoms with E-state index in [1.54, 1.807) is 24.4 Å². The molecule has 9 heteroatoms. The van der Waals surface area contributed by atoms with E-state index in [0.717, 1.165) is 6.07 Å². The molecule has 0 saturated heterocycles. The topological polar surface area (TPSA) is 124 Å². The number of allylic oxidation sites excluding steroid dienone is 4. The van der Waals surface area contributed by atoms with Gasteiger partial charge in [0.25, 0.3) is 0 Å². The monoisotopic (exact) mass is 346 g/mol. The van der Waals surface area contributed by atoms with E-state index in [9.17, 15) is 20.0 Å². The van der Waals surface area contributed by atoms with E-state index >= 15 is 0 Å². The van der Waals surface area contributed by atoms with E-state index in [1.807, 2.05) is 0 Å². The Morgan fingerprint density at radius 2 is 2.09 bits per heavy atom. The molecular formula is C13H7CuN4O4. The van der Waals surface area contributed by atoms with Gasteiger partial charge < -0.3 is 20.0 Å². The molecule has 1 aromatic heterocycles. The van der Waals surface area contributed by atoms with E-state index in [4.69, 9.17) is 0 Å². The summed E-state index contributed by atoms with van der Waals surface area (Å²) in [5.41, 5.74) is 1.18. The second-order valence-corrected chi connectivity index (χ2v) is 4.22. The number of nitro groups is 1. The normalized spacial score (nSPS) is 18.5. The summed E-state index contributed by atoms with van der Waals surface area (Å²) < 4.78 is 0. The zero-order valence-corrected chi connectivity index (χ0v) is 11.7. The van der Waals surface area contributed by atoms with Crippen molar-refractivity contribution in [2.45, 2.75) is 0 Å². The molecule has 0 bridgehead atoms. The number of rotatable bonds is 3. The molecule has 0 fully saturated rings. The number of carbonyl (C=O) groups excluding carboxylic acids is 1. The van der Waals surface area contributed by atoms with Crippen LogP contribution in [0, 0.1) is 10.1 Å². The molecule has 0 amide bonds. The van der Waals surface area contributed by atoms with Crippen LogP contribution >= 0.6 is 0 Å². The maximum absolute atomic E-state index is 11.2. The van der Waals surface area contributed by atoms with E-state index in [-0.39, 0.29) is 34.0 Å². The third-order valence-corrected chi connectivity index (χ3v) is 2.99. The number of carboxylic acids is 1. The molecule has 1 N–H and O–H groups in total. The number of nitrogens with one attached hydrogen (secondary N) is 1. The Morgan fingerprint density at radius 3 is 2.68 bits per heavy atom. The van der Waals surface area contributed by atoms with Gasteiger partial charge in [0.15, 0.2) is 5.69 Å². The first-order valence-electron chi connectivity index (χ1n) is 5.87. The summed E-state index contributed by atoms with van der Waals surface area (Å²) in [7, 11) is 0. The van der Waals surface area contributed by atoms with Crippen LogP contribution in [0.5, 0.6) is 0 Å². The van der Waals surface area contributed by atoms with Crippen LogP contribution in [-0.2, 0) is 17.1 Å². The van der Waals surface area contributed by atoms with Crippen LogP contribution in [0.25, 0.3) is 0 Å². The maximum atomic E-state index is 11.2. The van der Waals surface area contributed by atoms with E-state index in [0.29, 0.717) is 11.3 Å². The molecule has 3 heterocycles. The van der Waals surface area contributed by atoms with Crippen LogP contribution in [0.2, 0.25) is 0 Å². The average molecular weight is 347 g/mol. The Bertz CT molecular complexity index is 800. The Kier molecular flexibility index (Phi) is 4.20. The van der Waals surface area contributed by atoms with Crippen molar-refractivity contribution in [3.8, 4) is 0 Å². The summed E-state index contributed by atoms with van der Waals surface area (Å²) in [6, 6.07) is 0.918. The minimum atomic E-state index is -1.52. The van der Waals surface area contributed by atoms with Crippen LogP contribution in [-0.4, -0.2) is 27.8 Å². The number of aromatic nitrogens is 1. The second kappa shape index (κ2) is 5.92. The fraction of sp³-hybridized carbons (Fsp3) is 0. The summed E-state index contributed by atoms with van der Waals surface area (Å²) in [4.78, 5) is 31.9. The van der Waals surface area contributed by atoms with Crippen molar-refractivity contribution in [3.63, 3.8) is 0 Å². The van der Waals surface area contributed by atoms with Crippen LogP contribution in [0.1, 0.15) is 16.1 Å². The van der Waals surface area contributed by atoms with Crippen molar-refractivity contribution in [3.05, 3.63) is 63.1 Å². The van der Waals surface area contributed by atoms with E-state index in [2.05, 4.69) is 15.0 Å². The van der Waals surface area contributed by atoms with E-state index < -0.39 is 16.7 Å². The average Bonchev–Trinajstić information content (AvgIpc) is 3.17. The number of carbonyl (C=O) groups is 1.